The summed E-state index contributed by atoms with van der Waals surface area (Å²) < 4.78 is 41.3. The quantitative estimate of drug-likeness (QED) is 0.771. The minimum absolute atomic E-state index is 0.148. The van der Waals surface area contributed by atoms with Crippen molar-refractivity contribution in [2.45, 2.75) is 44.6 Å². The first-order chi connectivity index (χ1) is 12.3. The number of halogens is 1. The molecule has 0 saturated carbocycles. The van der Waals surface area contributed by atoms with E-state index >= 15 is 0 Å². The number of sulfonamides is 1. The Morgan fingerprint density at radius 1 is 1.12 bits per heavy atom. The molecule has 0 aromatic heterocycles. The molecule has 2 aromatic rings. The van der Waals surface area contributed by atoms with Gasteiger partial charge in [0.05, 0.1) is 10.5 Å². The number of nitrogens with one attached hydrogen (secondary N) is 2. The molecule has 2 aromatic carbocycles. The SMILES string of the molecule is CCc1ccc(NC(=O)c2cc(S(=O)(=O)NC(C)CC)ccc2F)cc1. The van der Waals surface area contributed by atoms with Gasteiger partial charge in [-0.3, -0.25) is 4.79 Å². The zero-order valence-electron chi connectivity index (χ0n) is 15.0. The summed E-state index contributed by atoms with van der Waals surface area (Å²) in [4.78, 5) is 12.2. The molecule has 2 N–H and O–H groups in total. The van der Waals surface area contributed by atoms with E-state index in [1.807, 2.05) is 26.0 Å². The van der Waals surface area contributed by atoms with Gasteiger partial charge >= 0.3 is 0 Å². The highest BCUT2D eigenvalue weighted by molar-refractivity contribution is 7.89. The number of carbonyl (C=O) groups is 1. The number of benzene rings is 2. The van der Waals surface area contributed by atoms with Gasteiger partial charge in [0.1, 0.15) is 5.82 Å². The molecule has 0 aliphatic rings. The Balaban J connectivity index is 2.26. The number of hydrogen-bond donors (Lipinski definition) is 2. The van der Waals surface area contributed by atoms with Crippen LogP contribution in [0.15, 0.2) is 47.4 Å². The van der Waals surface area contributed by atoms with Gasteiger partial charge in [-0.05, 0) is 55.7 Å². The third-order valence-electron chi connectivity index (χ3n) is 4.08. The third kappa shape index (κ3) is 4.89. The number of hydrogen-bond acceptors (Lipinski definition) is 3. The lowest BCUT2D eigenvalue weighted by molar-refractivity contribution is 0.102. The second-order valence-corrected chi connectivity index (χ2v) is 7.79. The van der Waals surface area contributed by atoms with E-state index in [1.165, 1.54) is 0 Å². The van der Waals surface area contributed by atoms with Crippen LogP contribution in [0.2, 0.25) is 0 Å². The van der Waals surface area contributed by atoms with Crippen molar-refractivity contribution >= 4 is 21.6 Å². The predicted molar refractivity (Wildman–Crippen MR) is 100 cm³/mol. The standard InChI is InChI=1S/C19H23FN2O3S/c1-4-13(3)22-26(24,25)16-10-11-18(20)17(12-16)19(23)21-15-8-6-14(5-2)7-9-15/h6-13,22H,4-5H2,1-3H3,(H,21,23). The molecule has 140 valence electrons. The summed E-state index contributed by atoms with van der Waals surface area (Å²) in [7, 11) is -3.82. The summed E-state index contributed by atoms with van der Waals surface area (Å²) in [5, 5.41) is 2.59. The first-order valence-electron chi connectivity index (χ1n) is 8.49. The fourth-order valence-corrected chi connectivity index (χ4v) is 3.64. The van der Waals surface area contributed by atoms with Crippen LogP contribution in [-0.4, -0.2) is 20.4 Å². The number of aryl methyl sites for hydroxylation is 1. The zero-order chi connectivity index (χ0) is 19.3. The van der Waals surface area contributed by atoms with Crippen LogP contribution in [-0.2, 0) is 16.4 Å². The molecule has 1 unspecified atom stereocenters. The lowest BCUT2D eigenvalue weighted by atomic mass is 10.1. The van der Waals surface area contributed by atoms with E-state index in [0.29, 0.717) is 12.1 Å². The Morgan fingerprint density at radius 3 is 2.35 bits per heavy atom. The lowest BCUT2D eigenvalue weighted by Crippen LogP contribution is -2.32. The van der Waals surface area contributed by atoms with Crippen LogP contribution < -0.4 is 10.0 Å². The van der Waals surface area contributed by atoms with Crippen molar-refractivity contribution in [2.24, 2.45) is 0 Å². The Kier molecular flexibility index (Phi) is 6.50. The highest BCUT2D eigenvalue weighted by Gasteiger charge is 2.21. The molecule has 7 heteroatoms. The molecule has 2 rings (SSSR count). The summed E-state index contributed by atoms with van der Waals surface area (Å²) in [6, 6.07) is 10.1. The minimum Gasteiger partial charge on any atom is -0.322 e. The number of anilines is 1. The monoisotopic (exact) mass is 378 g/mol. The van der Waals surface area contributed by atoms with Crippen molar-refractivity contribution in [1.29, 1.82) is 0 Å². The molecule has 1 amide bonds. The van der Waals surface area contributed by atoms with Gasteiger partial charge in [0, 0.05) is 11.7 Å². The van der Waals surface area contributed by atoms with E-state index in [0.717, 1.165) is 30.2 Å². The normalized spacial score (nSPS) is 12.6. The van der Waals surface area contributed by atoms with Gasteiger partial charge in [-0.25, -0.2) is 17.5 Å². The molecule has 0 bridgehead atoms. The average Bonchev–Trinajstić information content (AvgIpc) is 2.62. The summed E-state index contributed by atoms with van der Waals surface area (Å²) in [6.45, 7) is 5.59. The van der Waals surface area contributed by atoms with E-state index in [4.69, 9.17) is 0 Å². The smallest absolute Gasteiger partial charge is 0.258 e. The van der Waals surface area contributed by atoms with Gasteiger partial charge < -0.3 is 5.32 Å². The van der Waals surface area contributed by atoms with E-state index in [1.54, 1.807) is 19.1 Å². The second kappa shape index (κ2) is 8.42. The van der Waals surface area contributed by atoms with Gasteiger partial charge in [0.15, 0.2) is 0 Å². The minimum atomic E-state index is -3.82. The van der Waals surface area contributed by atoms with Gasteiger partial charge in [-0.1, -0.05) is 26.0 Å². The Labute approximate surface area is 153 Å². The van der Waals surface area contributed by atoms with Crippen molar-refractivity contribution < 1.29 is 17.6 Å². The molecular formula is C19H23FN2O3S. The van der Waals surface area contributed by atoms with Crippen LogP contribution in [0.4, 0.5) is 10.1 Å². The highest BCUT2D eigenvalue weighted by atomic mass is 32.2. The highest BCUT2D eigenvalue weighted by Crippen LogP contribution is 2.18. The maximum absolute atomic E-state index is 14.1. The summed E-state index contributed by atoms with van der Waals surface area (Å²) in [6.07, 6.45) is 1.48. The fourth-order valence-electron chi connectivity index (χ4n) is 2.28. The van der Waals surface area contributed by atoms with Crippen molar-refractivity contribution in [3.05, 3.63) is 59.4 Å². The van der Waals surface area contributed by atoms with Gasteiger partial charge in [-0.2, -0.15) is 0 Å². The first-order valence-corrected chi connectivity index (χ1v) is 9.97. The predicted octanol–water partition coefficient (Wildman–Crippen LogP) is 3.72. The second-order valence-electron chi connectivity index (χ2n) is 6.08. The topological polar surface area (TPSA) is 75.3 Å². The maximum Gasteiger partial charge on any atom is 0.258 e. The van der Waals surface area contributed by atoms with Crippen LogP contribution in [0.1, 0.15) is 43.1 Å². The van der Waals surface area contributed by atoms with E-state index < -0.39 is 21.7 Å². The number of carbonyl (C=O) groups excluding carboxylic acids is 1. The van der Waals surface area contributed by atoms with E-state index in [-0.39, 0.29) is 16.5 Å². The van der Waals surface area contributed by atoms with Crippen LogP contribution >= 0.6 is 0 Å². The molecule has 0 radical (unpaired) electrons. The van der Waals surface area contributed by atoms with Crippen LogP contribution in [0.3, 0.4) is 0 Å². The zero-order valence-corrected chi connectivity index (χ0v) is 15.9. The van der Waals surface area contributed by atoms with E-state index in [9.17, 15) is 17.6 Å². The Bertz CT molecular complexity index is 880. The molecule has 0 fully saturated rings. The molecule has 1 atom stereocenters. The summed E-state index contributed by atoms with van der Waals surface area (Å²) in [5.74, 6) is -1.48. The molecule has 0 aliphatic heterocycles. The molecule has 0 aliphatic carbocycles. The van der Waals surface area contributed by atoms with Crippen LogP contribution in [0.25, 0.3) is 0 Å². The van der Waals surface area contributed by atoms with Crippen molar-refractivity contribution in [2.75, 3.05) is 5.32 Å². The maximum atomic E-state index is 14.1. The molecule has 26 heavy (non-hydrogen) atoms. The van der Waals surface area contributed by atoms with Crippen molar-refractivity contribution in [3.63, 3.8) is 0 Å². The van der Waals surface area contributed by atoms with Crippen LogP contribution in [0.5, 0.6) is 0 Å². The summed E-state index contributed by atoms with van der Waals surface area (Å²) >= 11 is 0. The Morgan fingerprint density at radius 2 is 1.77 bits per heavy atom. The lowest BCUT2D eigenvalue weighted by Gasteiger charge is -2.13. The molecule has 0 saturated heterocycles. The van der Waals surface area contributed by atoms with Gasteiger partial charge in [0.2, 0.25) is 10.0 Å². The van der Waals surface area contributed by atoms with Gasteiger partial charge in [0.25, 0.3) is 5.91 Å². The fraction of sp³-hybridized carbons (Fsp3) is 0.316. The Hall–Kier alpha value is -2.25. The first kappa shape index (κ1) is 20.1. The molecule has 0 heterocycles. The van der Waals surface area contributed by atoms with Crippen LogP contribution in [0, 0.1) is 5.82 Å². The number of rotatable bonds is 7. The number of amides is 1. The van der Waals surface area contributed by atoms with Crippen molar-refractivity contribution in [3.8, 4) is 0 Å². The van der Waals surface area contributed by atoms with E-state index in [2.05, 4.69) is 10.0 Å². The average molecular weight is 378 g/mol. The molecule has 0 spiro atoms. The summed E-state index contributed by atoms with van der Waals surface area (Å²) in [5.41, 5.74) is 1.30. The largest absolute Gasteiger partial charge is 0.322 e. The van der Waals surface area contributed by atoms with Crippen molar-refractivity contribution in [1.82, 2.24) is 4.72 Å². The molecule has 5 nitrogen and oxygen atoms in total. The third-order valence-corrected chi connectivity index (χ3v) is 5.67. The molecular weight excluding hydrogens is 355 g/mol. The van der Waals surface area contributed by atoms with Gasteiger partial charge in [-0.15, -0.1) is 0 Å².